The summed E-state index contributed by atoms with van der Waals surface area (Å²) in [4.78, 5) is 24.1. The summed E-state index contributed by atoms with van der Waals surface area (Å²) in [5, 5.41) is 0. The van der Waals surface area contributed by atoms with Gasteiger partial charge in [0.2, 0.25) is 0 Å². The lowest BCUT2D eigenvalue weighted by Crippen LogP contribution is -2.54. The van der Waals surface area contributed by atoms with E-state index in [2.05, 4.69) is 0 Å². The zero-order valence-corrected chi connectivity index (χ0v) is 12.7. The molecule has 17 heavy (non-hydrogen) atoms. The molecule has 0 atom stereocenters. The molecule has 0 aromatic rings. The lowest BCUT2D eigenvalue weighted by Gasteiger charge is -2.28. The fraction of sp³-hybridized carbons (Fsp3) is 0.833. The summed E-state index contributed by atoms with van der Waals surface area (Å²) in [6, 6.07) is 1.18. The maximum atomic E-state index is 12.0. The van der Waals surface area contributed by atoms with Crippen LogP contribution in [0.1, 0.15) is 27.7 Å². The molecule has 0 heterocycles. The van der Waals surface area contributed by atoms with E-state index in [0.717, 1.165) is 0 Å². The fourth-order valence-corrected chi connectivity index (χ4v) is 6.85. The van der Waals surface area contributed by atoms with E-state index in [1.54, 1.807) is 0 Å². The van der Waals surface area contributed by atoms with Gasteiger partial charge in [-0.05, 0) is 23.9 Å². The minimum absolute atomic E-state index is 0.276. The largest absolute Gasteiger partial charge is 0.473 e. The second kappa shape index (κ2) is 6.79. The Morgan fingerprint density at radius 2 is 1.18 bits per heavy atom. The standard InChI is InChI=1S/C12H24O4Si/c1-9(2)7-17(8-10(3)4,11(13)15-5)12(14)16-6/h9-10H,7-8H2,1-6H3. The Labute approximate surface area is 105 Å². The Hall–Kier alpha value is -0.843. The van der Waals surface area contributed by atoms with E-state index < -0.39 is 8.07 Å². The van der Waals surface area contributed by atoms with Crippen LogP contribution >= 0.6 is 0 Å². The van der Waals surface area contributed by atoms with Crippen molar-refractivity contribution in [3.05, 3.63) is 0 Å². The highest BCUT2D eigenvalue weighted by Gasteiger charge is 2.52. The highest BCUT2D eigenvalue weighted by Crippen LogP contribution is 2.29. The first-order valence-electron chi connectivity index (χ1n) is 5.97. The first kappa shape index (κ1) is 16.2. The predicted molar refractivity (Wildman–Crippen MR) is 69.9 cm³/mol. The Balaban J connectivity index is 5.35. The van der Waals surface area contributed by atoms with Crippen molar-refractivity contribution in [3.8, 4) is 0 Å². The molecule has 0 spiro atoms. The topological polar surface area (TPSA) is 52.6 Å². The number of carbonyl (C=O) groups excluding carboxylic acids is 2. The van der Waals surface area contributed by atoms with E-state index in [0.29, 0.717) is 12.1 Å². The molecule has 100 valence electrons. The van der Waals surface area contributed by atoms with E-state index in [9.17, 15) is 9.59 Å². The van der Waals surface area contributed by atoms with Gasteiger partial charge in [-0.2, -0.15) is 0 Å². The van der Waals surface area contributed by atoms with E-state index in [1.165, 1.54) is 14.2 Å². The highest BCUT2D eigenvalue weighted by molar-refractivity contribution is 7.23. The monoisotopic (exact) mass is 260 g/mol. The second-order valence-electron chi connectivity index (χ2n) is 5.26. The zero-order valence-electron chi connectivity index (χ0n) is 11.7. The normalized spacial score (nSPS) is 11.8. The number of carbonyl (C=O) groups is 2. The molecule has 0 saturated heterocycles. The zero-order chi connectivity index (χ0) is 13.6. The predicted octanol–water partition coefficient (Wildman–Crippen LogP) is 3.44. The van der Waals surface area contributed by atoms with Crippen LogP contribution in [-0.4, -0.2) is 33.5 Å². The highest BCUT2D eigenvalue weighted by atomic mass is 28.3. The van der Waals surface area contributed by atoms with E-state index >= 15 is 0 Å². The van der Waals surface area contributed by atoms with Crippen molar-refractivity contribution in [2.45, 2.75) is 39.8 Å². The van der Waals surface area contributed by atoms with Crippen LogP contribution in [0.4, 0.5) is 9.59 Å². The number of methoxy groups -OCH3 is 2. The summed E-state index contributed by atoms with van der Waals surface area (Å²) < 4.78 is 9.72. The first-order valence-corrected chi connectivity index (χ1v) is 8.38. The average Bonchev–Trinajstić information content (AvgIpc) is 2.24. The van der Waals surface area contributed by atoms with Crippen molar-refractivity contribution in [2.75, 3.05) is 14.2 Å². The van der Waals surface area contributed by atoms with Gasteiger partial charge < -0.3 is 9.47 Å². The maximum absolute atomic E-state index is 12.0. The van der Waals surface area contributed by atoms with Crippen molar-refractivity contribution < 1.29 is 19.1 Å². The van der Waals surface area contributed by atoms with Gasteiger partial charge in [0.1, 0.15) is 0 Å². The van der Waals surface area contributed by atoms with Gasteiger partial charge in [0.15, 0.2) is 0 Å². The van der Waals surface area contributed by atoms with Gasteiger partial charge in [-0.3, -0.25) is 9.59 Å². The van der Waals surface area contributed by atoms with Crippen molar-refractivity contribution in [3.63, 3.8) is 0 Å². The van der Waals surface area contributed by atoms with Gasteiger partial charge >= 0.3 is 8.07 Å². The minimum Gasteiger partial charge on any atom is -0.473 e. The summed E-state index contributed by atoms with van der Waals surface area (Å²) in [6.45, 7) is 8.03. The molecule has 0 aliphatic carbocycles. The molecule has 0 unspecified atom stereocenters. The van der Waals surface area contributed by atoms with Crippen LogP contribution in [-0.2, 0) is 9.47 Å². The smallest absolute Gasteiger partial charge is 0.312 e. The fourth-order valence-electron chi connectivity index (χ4n) is 2.28. The molecule has 0 radical (unpaired) electrons. The number of ether oxygens (including phenoxy) is 2. The van der Waals surface area contributed by atoms with Crippen LogP contribution in [0.25, 0.3) is 0 Å². The molecule has 4 nitrogen and oxygen atoms in total. The van der Waals surface area contributed by atoms with Gasteiger partial charge in [0.05, 0.1) is 14.2 Å². The minimum atomic E-state index is -2.85. The Morgan fingerprint density at radius 1 is 0.882 bits per heavy atom. The van der Waals surface area contributed by atoms with E-state index in [-0.39, 0.29) is 23.0 Å². The molecule has 0 aliphatic heterocycles. The lowest BCUT2D eigenvalue weighted by molar-refractivity contribution is 0.184. The third-order valence-corrected chi connectivity index (χ3v) is 7.66. The first-order chi connectivity index (χ1) is 7.80. The van der Waals surface area contributed by atoms with Gasteiger partial charge in [-0.1, -0.05) is 27.7 Å². The van der Waals surface area contributed by atoms with Gasteiger partial charge in [0, 0.05) is 0 Å². The maximum Gasteiger partial charge on any atom is 0.312 e. The Morgan fingerprint density at radius 3 is 1.35 bits per heavy atom. The molecular formula is C12H24O4Si. The Kier molecular flexibility index (Phi) is 6.45. The molecule has 0 saturated carbocycles. The third-order valence-electron chi connectivity index (χ3n) is 2.67. The van der Waals surface area contributed by atoms with Crippen LogP contribution in [0.5, 0.6) is 0 Å². The number of rotatable bonds is 6. The number of hydrogen-bond donors (Lipinski definition) is 0. The van der Waals surface area contributed by atoms with Crippen molar-refractivity contribution in [2.24, 2.45) is 11.8 Å². The lowest BCUT2D eigenvalue weighted by atomic mass is 10.3. The van der Waals surface area contributed by atoms with E-state index in [4.69, 9.17) is 9.47 Å². The molecule has 0 amide bonds. The molecule has 0 bridgehead atoms. The summed E-state index contributed by atoms with van der Waals surface area (Å²) in [5.41, 5.74) is -0.710. The molecule has 0 aliphatic rings. The van der Waals surface area contributed by atoms with E-state index in [1.807, 2.05) is 27.7 Å². The van der Waals surface area contributed by atoms with Crippen molar-refractivity contribution in [1.29, 1.82) is 0 Å². The summed E-state index contributed by atoms with van der Waals surface area (Å²) in [6.07, 6.45) is 0. The Bertz CT molecular complexity index is 246. The second-order valence-corrected chi connectivity index (χ2v) is 9.06. The van der Waals surface area contributed by atoms with Gasteiger partial charge in [-0.25, -0.2) is 0 Å². The van der Waals surface area contributed by atoms with Crippen LogP contribution in [0.15, 0.2) is 0 Å². The van der Waals surface area contributed by atoms with Crippen molar-refractivity contribution >= 4 is 19.3 Å². The molecule has 0 aromatic carbocycles. The molecule has 0 rings (SSSR count). The summed E-state index contributed by atoms with van der Waals surface area (Å²) >= 11 is 0. The quantitative estimate of drug-likeness (QED) is 0.686. The molecule has 0 aromatic heterocycles. The molecule has 0 fully saturated rings. The third kappa shape index (κ3) is 4.15. The van der Waals surface area contributed by atoms with Crippen LogP contribution in [0.3, 0.4) is 0 Å². The SMILES string of the molecule is COC(=O)[Si](CC(C)C)(CC(C)C)C(=O)OC. The van der Waals surface area contributed by atoms with Crippen LogP contribution in [0, 0.1) is 11.8 Å². The van der Waals surface area contributed by atoms with Crippen LogP contribution in [0.2, 0.25) is 12.1 Å². The van der Waals surface area contributed by atoms with Crippen molar-refractivity contribution in [1.82, 2.24) is 0 Å². The summed E-state index contributed by atoms with van der Waals surface area (Å²) in [5.74, 6) is 0.553. The van der Waals surface area contributed by atoms with Gasteiger partial charge in [-0.15, -0.1) is 0 Å². The molecule has 5 heteroatoms. The number of hydrogen-bond acceptors (Lipinski definition) is 4. The summed E-state index contributed by atoms with van der Waals surface area (Å²) in [7, 11) is -0.169. The van der Waals surface area contributed by atoms with Crippen LogP contribution < -0.4 is 0 Å². The average molecular weight is 260 g/mol. The van der Waals surface area contributed by atoms with Gasteiger partial charge in [0.25, 0.3) is 11.2 Å². The molecule has 0 N–H and O–H groups in total. The molecular weight excluding hydrogens is 236 g/mol.